The zero-order chi connectivity index (χ0) is 15.2. The molecule has 2 nitrogen and oxygen atoms in total. The van der Waals surface area contributed by atoms with Gasteiger partial charge in [-0.15, -0.1) is 0 Å². The molecule has 2 aromatic carbocycles. The van der Waals surface area contributed by atoms with Crippen LogP contribution in [0.4, 0.5) is 4.39 Å². The molecule has 0 saturated carbocycles. The minimum absolute atomic E-state index is 0.0539. The molecule has 0 amide bonds. The number of nitrogens with one attached hydrogen (secondary N) is 1. The van der Waals surface area contributed by atoms with Crippen LogP contribution in [0.2, 0.25) is 0 Å². The van der Waals surface area contributed by atoms with Crippen LogP contribution < -0.4 is 10.1 Å². The maximum atomic E-state index is 13.3. The molecule has 0 spiro atoms. The molecule has 0 bridgehead atoms. The van der Waals surface area contributed by atoms with Crippen molar-refractivity contribution in [1.29, 1.82) is 0 Å². The van der Waals surface area contributed by atoms with Crippen LogP contribution >= 0.6 is 22.6 Å². The molecule has 0 aliphatic heterocycles. The van der Waals surface area contributed by atoms with Crippen LogP contribution in [0.1, 0.15) is 31.0 Å². The molecule has 4 heteroatoms. The predicted octanol–water partition coefficient (Wildman–Crippen LogP) is 4.53. The lowest BCUT2D eigenvalue weighted by atomic mass is 9.98. The van der Waals surface area contributed by atoms with Gasteiger partial charge in [0.2, 0.25) is 0 Å². The number of hydrogen-bond acceptors (Lipinski definition) is 2. The van der Waals surface area contributed by atoms with Gasteiger partial charge in [0, 0.05) is 3.57 Å². The zero-order valence-electron chi connectivity index (χ0n) is 12.2. The fourth-order valence-electron chi connectivity index (χ4n) is 2.27. The molecule has 112 valence electrons. The highest BCUT2D eigenvalue weighted by molar-refractivity contribution is 14.1. The van der Waals surface area contributed by atoms with Crippen LogP contribution in [0.3, 0.4) is 0 Å². The Morgan fingerprint density at radius 3 is 2.43 bits per heavy atom. The molecule has 0 saturated heterocycles. The van der Waals surface area contributed by atoms with E-state index in [4.69, 9.17) is 4.74 Å². The Morgan fingerprint density at radius 1 is 1.14 bits per heavy atom. The Kier molecular flexibility index (Phi) is 5.99. The van der Waals surface area contributed by atoms with Crippen LogP contribution in [-0.4, -0.2) is 13.2 Å². The van der Waals surface area contributed by atoms with Gasteiger partial charge in [0.05, 0.1) is 12.6 Å². The first kappa shape index (κ1) is 16.2. The molecule has 21 heavy (non-hydrogen) atoms. The summed E-state index contributed by atoms with van der Waals surface area (Å²) in [7, 11) is 0. The fraction of sp³-hybridized carbons (Fsp3) is 0.294. The average Bonchev–Trinajstić information content (AvgIpc) is 2.47. The molecule has 1 N–H and O–H groups in total. The molecule has 0 aliphatic rings. The Morgan fingerprint density at radius 2 is 1.86 bits per heavy atom. The Hall–Kier alpha value is -1.14. The third-order valence-corrected chi connectivity index (χ3v) is 4.14. The first-order chi connectivity index (χ1) is 10.2. The minimum atomic E-state index is -0.204. The second kappa shape index (κ2) is 7.75. The highest BCUT2D eigenvalue weighted by Gasteiger charge is 2.16. The molecular formula is C17H19FINO. The summed E-state index contributed by atoms with van der Waals surface area (Å²) in [5.41, 5.74) is 2.23. The van der Waals surface area contributed by atoms with E-state index in [9.17, 15) is 4.39 Å². The third kappa shape index (κ3) is 4.17. The highest BCUT2D eigenvalue weighted by atomic mass is 127. The van der Waals surface area contributed by atoms with Gasteiger partial charge in [-0.25, -0.2) is 4.39 Å². The molecule has 0 radical (unpaired) electrons. The summed E-state index contributed by atoms with van der Waals surface area (Å²) in [4.78, 5) is 0. The first-order valence-corrected chi connectivity index (χ1v) is 8.14. The monoisotopic (exact) mass is 399 g/mol. The zero-order valence-corrected chi connectivity index (χ0v) is 14.4. The van der Waals surface area contributed by atoms with Gasteiger partial charge in [0.25, 0.3) is 0 Å². The summed E-state index contributed by atoms with van der Waals surface area (Å²) >= 11 is 2.18. The van der Waals surface area contributed by atoms with E-state index in [2.05, 4.69) is 47.0 Å². The van der Waals surface area contributed by atoms with E-state index in [0.29, 0.717) is 6.61 Å². The van der Waals surface area contributed by atoms with Gasteiger partial charge >= 0.3 is 0 Å². The third-order valence-electron chi connectivity index (χ3n) is 3.21. The van der Waals surface area contributed by atoms with Crippen LogP contribution in [-0.2, 0) is 0 Å². The summed E-state index contributed by atoms with van der Waals surface area (Å²) in [6.07, 6.45) is 0. The maximum Gasteiger partial charge on any atom is 0.124 e. The number of benzene rings is 2. The van der Waals surface area contributed by atoms with Crippen molar-refractivity contribution in [2.75, 3.05) is 13.2 Å². The van der Waals surface area contributed by atoms with Gasteiger partial charge in [-0.3, -0.25) is 0 Å². The normalized spacial score (nSPS) is 12.2. The van der Waals surface area contributed by atoms with E-state index in [1.54, 1.807) is 6.07 Å². The number of halogens is 2. The van der Waals surface area contributed by atoms with Crippen LogP contribution in [0.15, 0.2) is 42.5 Å². The molecule has 1 atom stereocenters. The lowest BCUT2D eigenvalue weighted by molar-refractivity contribution is 0.340. The van der Waals surface area contributed by atoms with Crippen LogP contribution in [0.25, 0.3) is 0 Å². The molecule has 2 rings (SSSR count). The number of rotatable bonds is 6. The standard InChI is InChI=1S/C17H19FINO/c1-3-20-17(15-10-7-13(18)11-16(15)19)12-5-8-14(9-6-12)21-4-2/h5-11,17,20H,3-4H2,1-2H3. The van der Waals surface area contributed by atoms with E-state index in [1.165, 1.54) is 6.07 Å². The van der Waals surface area contributed by atoms with Crippen molar-refractivity contribution in [3.05, 3.63) is 63.0 Å². The smallest absolute Gasteiger partial charge is 0.124 e. The fourth-order valence-corrected chi connectivity index (χ4v) is 3.06. The van der Waals surface area contributed by atoms with Crippen molar-refractivity contribution < 1.29 is 9.13 Å². The number of ether oxygens (including phenoxy) is 1. The molecule has 2 aromatic rings. The van der Waals surface area contributed by atoms with Crippen molar-refractivity contribution in [3.63, 3.8) is 0 Å². The molecule has 0 aromatic heterocycles. The Balaban J connectivity index is 2.33. The lowest BCUT2D eigenvalue weighted by Gasteiger charge is -2.20. The van der Waals surface area contributed by atoms with Crippen molar-refractivity contribution in [3.8, 4) is 5.75 Å². The van der Waals surface area contributed by atoms with Gasteiger partial charge in [-0.05, 0) is 71.5 Å². The Bertz CT molecular complexity index is 586. The summed E-state index contributed by atoms with van der Waals surface area (Å²) < 4.78 is 19.7. The summed E-state index contributed by atoms with van der Waals surface area (Å²) in [5.74, 6) is 0.662. The molecular weight excluding hydrogens is 380 g/mol. The van der Waals surface area contributed by atoms with E-state index < -0.39 is 0 Å². The Labute approximate surface area is 138 Å². The van der Waals surface area contributed by atoms with Gasteiger partial charge in [-0.2, -0.15) is 0 Å². The van der Waals surface area contributed by atoms with Gasteiger partial charge in [0.15, 0.2) is 0 Å². The van der Waals surface area contributed by atoms with Gasteiger partial charge in [-0.1, -0.05) is 25.1 Å². The summed E-state index contributed by atoms with van der Waals surface area (Å²) in [6.45, 7) is 5.53. The topological polar surface area (TPSA) is 21.3 Å². The average molecular weight is 399 g/mol. The molecule has 0 aliphatic carbocycles. The van der Waals surface area contributed by atoms with Gasteiger partial charge < -0.3 is 10.1 Å². The van der Waals surface area contributed by atoms with E-state index >= 15 is 0 Å². The largest absolute Gasteiger partial charge is 0.494 e. The molecule has 1 unspecified atom stereocenters. The van der Waals surface area contributed by atoms with E-state index in [1.807, 2.05) is 25.1 Å². The first-order valence-electron chi connectivity index (χ1n) is 7.06. The second-order valence-corrected chi connectivity index (χ2v) is 5.82. The number of hydrogen-bond donors (Lipinski definition) is 1. The lowest BCUT2D eigenvalue weighted by Crippen LogP contribution is -2.22. The minimum Gasteiger partial charge on any atom is -0.494 e. The molecule has 0 fully saturated rings. The van der Waals surface area contributed by atoms with Crippen molar-refractivity contribution in [2.24, 2.45) is 0 Å². The van der Waals surface area contributed by atoms with Crippen molar-refractivity contribution >= 4 is 22.6 Å². The van der Waals surface area contributed by atoms with E-state index in [-0.39, 0.29) is 11.9 Å². The van der Waals surface area contributed by atoms with Crippen LogP contribution in [0.5, 0.6) is 5.75 Å². The maximum absolute atomic E-state index is 13.3. The predicted molar refractivity (Wildman–Crippen MR) is 92.2 cm³/mol. The summed E-state index contributed by atoms with van der Waals surface area (Å²) in [6, 6.07) is 13.0. The molecule has 0 heterocycles. The SMILES string of the molecule is CCNC(c1ccc(OCC)cc1)c1ccc(F)cc1I. The highest BCUT2D eigenvalue weighted by Crippen LogP contribution is 2.28. The van der Waals surface area contributed by atoms with E-state index in [0.717, 1.165) is 27.0 Å². The van der Waals surface area contributed by atoms with Gasteiger partial charge in [0.1, 0.15) is 11.6 Å². The van der Waals surface area contributed by atoms with Crippen molar-refractivity contribution in [2.45, 2.75) is 19.9 Å². The van der Waals surface area contributed by atoms with Crippen molar-refractivity contribution in [1.82, 2.24) is 5.32 Å². The summed E-state index contributed by atoms with van der Waals surface area (Å²) in [5, 5.41) is 3.46. The second-order valence-electron chi connectivity index (χ2n) is 4.66. The van der Waals surface area contributed by atoms with Crippen LogP contribution in [0, 0.1) is 9.39 Å². The quantitative estimate of drug-likeness (QED) is 0.721.